The summed E-state index contributed by atoms with van der Waals surface area (Å²) in [5.41, 5.74) is 7.42. The van der Waals surface area contributed by atoms with Gasteiger partial charge in [0.25, 0.3) is 0 Å². The van der Waals surface area contributed by atoms with Crippen LogP contribution in [0.25, 0.3) is 0 Å². The van der Waals surface area contributed by atoms with E-state index in [4.69, 9.17) is 10.5 Å². The summed E-state index contributed by atoms with van der Waals surface area (Å²) >= 11 is 0. The van der Waals surface area contributed by atoms with Gasteiger partial charge in [0.05, 0.1) is 12.2 Å². The van der Waals surface area contributed by atoms with Gasteiger partial charge in [-0.1, -0.05) is 32.1 Å². The average Bonchev–Trinajstić information content (AvgIpc) is 2.43. The SMILES string of the molecule is CCOC(=O)C1=C(N)CCN(CC2CCCCCCC2)C1. The Morgan fingerprint density at radius 3 is 2.57 bits per heavy atom. The Labute approximate surface area is 128 Å². The lowest BCUT2D eigenvalue weighted by molar-refractivity contribution is -0.139. The Morgan fingerprint density at radius 1 is 1.24 bits per heavy atom. The van der Waals surface area contributed by atoms with Crippen LogP contribution in [-0.2, 0) is 9.53 Å². The standard InChI is InChI=1S/C17H30N2O2/c1-2-21-17(20)15-13-19(11-10-16(15)18)12-14-8-6-4-3-5-7-9-14/h14H,2-13,18H2,1H3. The molecule has 0 atom stereocenters. The fraction of sp³-hybridized carbons (Fsp3) is 0.824. The van der Waals surface area contributed by atoms with Crippen molar-refractivity contribution in [2.75, 3.05) is 26.2 Å². The molecule has 0 aromatic rings. The highest BCUT2D eigenvalue weighted by atomic mass is 16.5. The summed E-state index contributed by atoms with van der Waals surface area (Å²) in [6.07, 6.45) is 10.4. The number of ether oxygens (including phenoxy) is 1. The van der Waals surface area contributed by atoms with Crippen LogP contribution in [-0.4, -0.2) is 37.1 Å². The van der Waals surface area contributed by atoms with Gasteiger partial charge in [-0.2, -0.15) is 0 Å². The Bertz CT molecular complexity index is 371. The second-order valence-corrected chi connectivity index (χ2v) is 6.42. The van der Waals surface area contributed by atoms with E-state index in [0.29, 0.717) is 18.7 Å². The van der Waals surface area contributed by atoms with Crippen LogP contribution in [0.5, 0.6) is 0 Å². The molecule has 2 aliphatic rings. The van der Waals surface area contributed by atoms with Gasteiger partial charge in [0.2, 0.25) is 0 Å². The lowest BCUT2D eigenvalue weighted by atomic mass is 9.90. The predicted molar refractivity (Wildman–Crippen MR) is 84.7 cm³/mol. The second-order valence-electron chi connectivity index (χ2n) is 6.42. The third kappa shape index (κ3) is 5.03. The average molecular weight is 294 g/mol. The predicted octanol–water partition coefficient (Wildman–Crippen LogP) is 2.83. The molecule has 1 saturated carbocycles. The fourth-order valence-corrected chi connectivity index (χ4v) is 3.49. The van der Waals surface area contributed by atoms with Crippen LogP contribution in [0.2, 0.25) is 0 Å². The molecule has 1 heterocycles. The van der Waals surface area contributed by atoms with Crippen molar-refractivity contribution < 1.29 is 9.53 Å². The van der Waals surface area contributed by atoms with Crippen molar-refractivity contribution in [3.63, 3.8) is 0 Å². The first kappa shape index (κ1) is 16.3. The topological polar surface area (TPSA) is 55.6 Å². The zero-order chi connectivity index (χ0) is 15.1. The van der Waals surface area contributed by atoms with E-state index in [9.17, 15) is 4.79 Å². The van der Waals surface area contributed by atoms with Gasteiger partial charge in [0.1, 0.15) is 0 Å². The van der Waals surface area contributed by atoms with Gasteiger partial charge in [-0.3, -0.25) is 4.90 Å². The second kappa shape index (κ2) is 8.42. The van der Waals surface area contributed by atoms with Gasteiger partial charge in [-0.25, -0.2) is 4.79 Å². The molecular formula is C17H30N2O2. The largest absolute Gasteiger partial charge is 0.463 e. The number of nitrogens with zero attached hydrogens (tertiary/aromatic N) is 1. The first-order valence-electron chi connectivity index (χ1n) is 8.57. The molecule has 0 amide bonds. The molecule has 120 valence electrons. The van der Waals surface area contributed by atoms with Crippen LogP contribution in [0.15, 0.2) is 11.3 Å². The summed E-state index contributed by atoms with van der Waals surface area (Å²) in [5.74, 6) is 0.561. The summed E-state index contributed by atoms with van der Waals surface area (Å²) in [4.78, 5) is 14.4. The first-order chi connectivity index (χ1) is 10.2. The van der Waals surface area contributed by atoms with Crippen LogP contribution in [0.3, 0.4) is 0 Å². The van der Waals surface area contributed by atoms with Crippen molar-refractivity contribution in [2.45, 2.75) is 58.3 Å². The van der Waals surface area contributed by atoms with E-state index in [2.05, 4.69) is 4.90 Å². The van der Waals surface area contributed by atoms with Gasteiger partial charge in [-0.15, -0.1) is 0 Å². The minimum atomic E-state index is -0.225. The Kier molecular flexibility index (Phi) is 6.55. The minimum absolute atomic E-state index is 0.225. The molecule has 1 aliphatic heterocycles. The number of hydrogen-bond acceptors (Lipinski definition) is 4. The highest BCUT2D eigenvalue weighted by Gasteiger charge is 2.25. The van der Waals surface area contributed by atoms with E-state index in [1.54, 1.807) is 0 Å². The van der Waals surface area contributed by atoms with E-state index in [1.165, 1.54) is 44.9 Å². The highest BCUT2D eigenvalue weighted by molar-refractivity contribution is 5.89. The Balaban J connectivity index is 1.88. The molecule has 2 rings (SSSR count). The Hall–Kier alpha value is -1.03. The van der Waals surface area contributed by atoms with Gasteiger partial charge >= 0.3 is 5.97 Å². The molecule has 2 N–H and O–H groups in total. The maximum atomic E-state index is 12.0. The highest BCUT2D eigenvalue weighted by Crippen LogP contribution is 2.25. The first-order valence-corrected chi connectivity index (χ1v) is 8.57. The number of hydrogen-bond donors (Lipinski definition) is 1. The molecule has 0 saturated heterocycles. The van der Waals surface area contributed by atoms with Crippen LogP contribution in [0.4, 0.5) is 0 Å². The number of carbonyl (C=O) groups excluding carboxylic acids is 1. The maximum absolute atomic E-state index is 12.0. The zero-order valence-electron chi connectivity index (χ0n) is 13.4. The van der Waals surface area contributed by atoms with E-state index in [1.807, 2.05) is 6.92 Å². The van der Waals surface area contributed by atoms with Crippen LogP contribution in [0.1, 0.15) is 58.3 Å². The van der Waals surface area contributed by atoms with E-state index in [0.717, 1.165) is 31.1 Å². The summed E-state index contributed by atoms with van der Waals surface area (Å²) in [6, 6.07) is 0. The minimum Gasteiger partial charge on any atom is -0.463 e. The molecular weight excluding hydrogens is 264 g/mol. The van der Waals surface area contributed by atoms with E-state index in [-0.39, 0.29) is 5.97 Å². The van der Waals surface area contributed by atoms with Gasteiger partial charge < -0.3 is 10.5 Å². The van der Waals surface area contributed by atoms with Crippen molar-refractivity contribution >= 4 is 5.97 Å². The van der Waals surface area contributed by atoms with Crippen molar-refractivity contribution in [1.29, 1.82) is 0 Å². The lowest BCUT2D eigenvalue weighted by Gasteiger charge is -2.32. The lowest BCUT2D eigenvalue weighted by Crippen LogP contribution is -2.39. The third-order valence-electron chi connectivity index (χ3n) is 4.73. The molecule has 0 aromatic heterocycles. The van der Waals surface area contributed by atoms with Crippen LogP contribution in [0, 0.1) is 5.92 Å². The summed E-state index contributed by atoms with van der Waals surface area (Å²) in [6.45, 7) is 5.00. The van der Waals surface area contributed by atoms with Crippen molar-refractivity contribution in [3.05, 3.63) is 11.3 Å². The zero-order valence-corrected chi connectivity index (χ0v) is 13.4. The summed E-state index contributed by atoms with van der Waals surface area (Å²) in [7, 11) is 0. The molecule has 4 nitrogen and oxygen atoms in total. The molecule has 1 fully saturated rings. The number of esters is 1. The molecule has 0 radical (unpaired) electrons. The third-order valence-corrected chi connectivity index (χ3v) is 4.73. The smallest absolute Gasteiger partial charge is 0.337 e. The van der Waals surface area contributed by atoms with Crippen LogP contribution < -0.4 is 5.73 Å². The van der Waals surface area contributed by atoms with Gasteiger partial charge in [0.15, 0.2) is 0 Å². The maximum Gasteiger partial charge on any atom is 0.337 e. The van der Waals surface area contributed by atoms with E-state index < -0.39 is 0 Å². The van der Waals surface area contributed by atoms with Crippen LogP contribution >= 0.6 is 0 Å². The van der Waals surface area contributed by atoms with Crippen molar-refractivity contribution in [1.82, 2.24) is 4.90 Å². The Morgan fingerprint density at radius 2 is 1.90 bits per heavy atom. The molecule has 4 heteroatoms. The molecule has 21 heavy (non-hydrogen) atoms. The van der Waals surface area contributed by atoms with Gasteiger partial charge in [0, 0.05) is 31.8 Å². The quantitative estimate of drug-likeness (QED) is 0.810. The molecule has 0 bridgehead atoms. The molecule has 0 unspecified atom stereocenters. The normalized spacial score (nSPS) is 22.7. The molecule has 1 aliphatic carbocycles. The van der Waals surface area contributed by atoms with E-state index >= 15 is 0 Å². The van der Waals surface area contributed by atoms with Crippen molar-refractivity contribution in [3.8, 4) is 0 Å². The molecule has 0 aromatic carbocycles. The summed E-state index contributed by atoms with van der Waals surface area (Å²) < 4.78 is 5.12. The molecule has 0 spiro atoms. The monoisotopic (exact) mass is 294 g/mol. The van der Waals surface area contributed by atoms with Crippen molar-refractivity contribution in [2.24, 2.45) is 11.7 Å². The fourth-order valence-electron chi connectivity index (χ4n) is 3.49. The number of carbonyl (C=O) groups is 1. The number of nitrogens with two attached hydrogens (primary N) is 1. The van der Waals surface area contributed by atoms with Gasteiger partial charge in [-0.05, 0) is 25.7 Å². The number of rotatable bonds is 4. The summed E-state index contributed by atoms with van der Waals surface area (Å²) in [5, 5.41) is 0.